The highest BCUT2D eigenvalue weighted by Gasteiger charge is 2.41. The SMILES string of the molecule is Cc1sc2c(c1C)C(c1ccc(Cl)cc1)=N[C@@H](CC(=O)NCCCCCCCCCCCCCCCCCC1CCN(c3ccnc(N4CC[C@@H]5[C@H]4CCCN5c4cccc(F)c4)c3)CC1)c1nnc(C)n1-2. The van der Waals surface area contributed by atoms with Crippen LogP contribution in [0.15, 0.2) is 71.9 Å². The smallest absolute Gasteiger partial charge is 0.222 e. The summed E-state index contributed by atoms with van der Waals surface area (Å²) in [4.78, 5) is 32.3. The monoisotopic (exact) mass is 1020 g/mol. The van der Waals surface area contributed by atoms with Gasteiger partial charge in [-0.05, 0) is 107 Å². The third kappa shape index (κ3) is 12.9. The van der Waals surface area contributed by atoms with Crippen molar-refractivity contribution >= 4 is 51.7 Å². The molecule has 386 valence electrons. The maximum Gasteiger partial charge on any atom is 0.222 e. The number of fused-ring (bicyclic) bond motifs is 4. The van der Waals surface area contributed by atoms with Crippen LogP contribution in [0.3, 0.4) is 0 Å². The van der Waals surface area contributed by atoms with Gasteiger partial charge in [-0.25, -0.2) is 9.37 Å². The quantitative estimate of drug-likeness (QED) is 0.0615. The predicted octanol–water partition coefficient (Wildman–Crippen LogP) is 14.2. The van der Waals surface area contributed by atoms with Crippen LogP contribution in [0.2, 0.25) is 5.02 Å². The maximum absolute atomic E-state index is 14.1. The lowest BCUT2D eigenvalue weighted by atomic mass is 9.91. The van der Waals surface area contributed by atoms with Gasteiger partial charge in [-0.2, -0.15) is 0 Å². The molecule has 0 unspecified atom stereocenters. The first-order chi connectivity index (χ1) is 35.2. The molecule has 72 heavy (non-hydrogen) atoms. The number of nitrogens with one attached hydrogen (secondary N) is 1. The fraction of sp³-hybridized carbons (Fsp3) is 0.576. The van der Waals surface area contributed by atoms with Crippen molar-refractivity contribution in [1.82, 2.24) is 25.1 Å². The third-order valence-corrected chi connectivity index (χ3v) is 17.7. The Morgan fingerprint density at radius 1 is 0.736 bits per heavy atom. The molecule has 3 atom stereocenters. The van der Waals surface area contributed by atoms with Gasteiger partial charge < -0.3 is 20.0 Å². The number of aryl methyl sites for hydroxylation is 2. The topological polar surface area (TPSA) is 94.8 Å². The normalized spacial score (nSPS) is 19.0. The number of piperidine rings is 2. The highest BCUT2D eigenvalue weighted by molar-refractivity contribution is 7.15. The van der Waals surface area contributed by atoms with Crippen molar-refractivity contribution in [1.29, 1.82) is 0 Å². The average molecular weight is 1020 g/mol. The molecule has 1 amide bonds. The van der Waals surface area contributed by atoms with E-state index in [9.17, 15) is 9.18 Å². The van der Waals surface area contributed by atoms with Crippen LogP contribution >= 0.6 is 22.9 Å². The molecule has 13 heteroatoms. The molecule has 4 aliphatic rings. The Morgan fingerprint density at radius 3 is 2.12 bits per heavy atom. The number of hydrogen-bond donors (Lipinski definition) is 1. The van der Waals surface area contributed by atoms with Crippen LogP contribution < -0.4 is 20.0 Å². The second-order valence-corrected chi connectivity index (χ2v) is 22.9. The van der Waals surface area contributed by atoms with Crippen molar-refractivity contribution in [3.63, 3.8) is 0 Å². The lowest BCUT2D eigenvalue weighted by Gasteiger charge is -2.41. The van der Waals surface area contributed by atoms with E-state index in [2.05, 4.69) is 66.8 Å². The van der Waals surface area contributed by atoms with E-state index in [1.54, 1.807) is 23.5 Å². The van der Waals surface area contributed by atoms with Crippen LogP contribution in [0.25, 0.3) is 5.00 Å². The molecule has 0 spiro atoms. The van der Waals surface area contributed by atoms with Gasteiger partial charge in [0.2, 0.25) is 5.91 Å². The lowest BCUT2D eigenvalue weighted by molar-refractivity contribution is -0.121. The molecule has 0 bridgehead atoms. The lowest BCUT2D eigenvalue weighted by Crippen LogP contribution is -2.50. The third-order valence-electron chi connectivity index (χ3n) is 16.3. The summed E-state index contributed by atoms with van der Waals surface area (Å²) in [5.41, 5.74) is 6.45. The van der Waals surface area contributed by atoms with Crippen molar-refractivity contribution < 1.29 is 9.18 Å². The summed E-state index contributed by atoms with van der Waals surface area (Å²) in [6.07, 6.45) is 29.3. The van der Waals surface area contributed by atoms with E-state index >= 15 is 0 Å². The van der Waals surface area contributed by atoms with E-state index in [1.807, 2.05) is 43.5 Å². The van der Waals surface area contributed by atoms with Gasteiger partial charge in [0.25, 0.3) is 0 Å². The molecule has 2 aromatic carbocycles. The molecule has 1 N–H and O–H groups in total. The van der Waals surface area contributed by atoms with E-state index in [4.69, 9.17) is 21.6 Å². The minimum atomic E-state index is -0.445. The second-order valence-electron chi connectivity index (χ2n) is 21.3. The van der Waals surface area contributed by atoms with Gasteiger partial charge in [0.15, 0.2) is 5.82 Å². The van der Waals surface area contributed by atoms with Gasteiger partial charge in [-0.1, -0.05) is 126 Å². The fourth-order valence-corrected chi connectivity index (χ4v) is 13.5. The van der Waals surface area contributed by atoms with E-state index < -0.39 is 6.04 Å². The van der Waals surface area contributed by atoms with Crippen molar-refractivity contribution in [3.05, 3.63) is 111 Å². The number of carbonyl (C=O) groups excluding carboxylic acids is 1. The van der Waals surface area contributed by atoms with E-state index in [-0.39, 0.29) is 18.1 Å². The van der Waals surface area contributed by atoms with Gasteiger partial charge in [0.1, 0.15) is 28.5 Å². The van der Waals surface area contributed by atoms with Crippen LogP contribution in [0, 0.1) is 32.5 Å². The number of halogens is 2. The van der Waals surface area contributed by atoms with Gasteiger partial charge in [0, 0.05) is 77.4 Å². The van der Waals surface area contributed by atoms with E-state index in [1.165, 1.54) is 125 Å². The molecule has 3 fully saturated rings. The molecule has 0 radical (unpaired) electrons. The van der Waals surface area contributed by atoms with Crippen molar-refractivity contribution in [2.45, 2.75) is 180 Å². The van der Waals surface area contributed by atoms with Crippen LogP contribution in [-0.2, 0) is 4.79 Å². The first kappa shape index (κ1) is 52.1. The average Bonchev–Trinajstić information content (AvgIpc) is 4.06. The number of carbonyl (C=O) groups is 1. The van der Waals surface area contributed by atoms with Crippen molar-refractivity contribution in [2.75, 3.05) is 47.4 Å². The molecular weight excluding hydrogens is 937 g/mol. The number of benzene rings is 2. The first-order valence-corrected chi connectivity index (χ1v) is 29.0. The second kappa shape index (κ2) is 25.4. The number of pyridine rings is 1. The highest BCUT2D eigenvalue weighted by Crippen LogP contribution is 2.41. The Kier molecular flexibility index (Phi) is 18.4. The number of aromatic nitrogens is 4. The molecule has 7 heterocycles. The van der Waals surface area contributed by atoms with Gasteiger partial charge in [0.05, 0.1) is 24.2 Å². The van der Waals surface area contributed by atoms with E-state index in [0.29, 0.717) is 29.5 Å². The minimum Gasteiger partial charge on any atom is -0.371 e. The van der Waals surface area contributed by atoms with Crippen LogP contribution in [0.5, 0.6) is 0 Å². The molecule has 10 nitrogen and oxygen atoms in total. The Bertz CT molecular complexity index is 2570. The van der Waals surface area contributed by atoms with Gasteiger partial charge in [-0.15, -0.1) is 21.5 Å². The number of nitrogens with zero attached hydrogens (tertiary/aromatic N) is 8. The Labute approximate surface area is 438 Å². The highest BCUT2D eigenvalue weighted by atomic mass is 35.5. The van der Waals surface area contributed by atoms with Crippen molar-refractivity contribution in [2.24, 2.45) is 10.9 Å². The molecule has 5 aromatic rings. The summed E-state index contributed by atoms with van der Waals surface area (Å²) < 4.78 is 16.2. The molecule has 3 saturated heterocycles. The Morgan fingerprint density at radius 2 is 1.42 bits per heavy atom. The summed E-state index contributed by atoms with van der Waals surface area (Å²) in [5, 5.41) is 13.9. The summed E-state index contributed by atoms with van der Waals surface area (Å²) in [7, 11) is 0. The summed E-state index contributed by atoms with van der Waals surface area (Å²) in [5.74, 6) is 3.33. The largest absolute Gasteiger partial charge is 0.371 e. The fourth-order valence-electron chi connectivity index (χ4n) is 12.2. The number of aliphatic imine (C=N–C) groups is 1. The first-order valence-electron chi connectivity index (χ1n) is 27.8. The number of thiophene rings is 1. The number of rotatable bonds is 24. The summed E-state index contributed by atoms with van der Waals surface area (Å²) >= 11 is 7.99. The standard InChI is InChI=1S/C59H79ClFN9OS/c1-42-43(2)72-59-56(42)57(46-25-27-47(60)28-26-46)64-51(58-66-65-44(3)70(58)59)41-55(71)63-33-18-16-14-12-10-8-6-4-5-7-9-11-13-15-17-21-45-30-36-67(37-31-45)49-29-34-62-54(40-49)69-38-32-53-52(69)24-20-35-68(53)50-23-19-22-48(61)39-50/h19,22-23,25-29,34,39-40,45,51-53H,4-18,20-21,24,30-33,35-38,41H2,1-3H3,(H,63,71)/t51-,52+,53+/m0/s1. The zero-order valence-corrected chi connectivity index (χ0v) is 45.0. The maximum atomic E-state index is 14.1. The van der Waals surface area contributed by atoms with Crippen LogP contribution in [0.4, 0.5) is 21.6 Å². The van der Waals surface area contributed by atoms with Crippen molar-refractivity contribution in [3.8, 4) is 5.00 Å². The number of hydrogen-bond acceptors (Lipinski definition) is 9. The number of unbranched alkanes of at least 4 members (excludes halogenated alkanes) is 14. The minimum absolute atomic E-state index is 0.00155. The van der Waals surface area contributed by atoms with Gasteiger partial charge in [-0.3, -0.25) is 14.4 Å². The number of amides is 1. The zero-order valence-electron chi connectivity index (χ0n) is 43.4. The Balaban J connectivity index is 0.576. The summed E-state index contributed by atoms with van der Waals surface area (Å²) in [6, 6.07) is 19.9. The zero-order chi connectivity index (χ0) is 49.8. The predicted molar refractivity (Wildman–Crippen MR) is 296 cm³/mol. The molecule has 4 aliphatic heterocycles. The van der Waals surface area contributed by atoms with Gasteiger partial charge >= 0.3 is 0 Å². The molecule has 0 aliphatic carbocycles. The summed E-state index contributed by atoms with van der Waals surface area (Å²) in [6.45, 7) is 11.2. The van der Waals surface area contributed by atoms with Crippen LogP contribution in [0.1, 0.15) is 181 Å². The molecular formula is C59H79ClFN9OS. The van der Waals surface area contributed by atoms with E-state index in [0.717, 1.165) is 96.9 Å². The Hall–Kier alpha value is -4.81. The molecule has 9 rings (SSSR count). The number of anilines is 3. The molecule has 3 aromatic heterocycles. The molecule has 0 saturated carbocycles. The van der Waals surface area contributed by atoms with Crippen LogP contribution in [-0.4, -0.2) is 76.2 Å².